The second-order valence-electron chi connectivity index (χ2n) is 7.14. The van der Waals surface area contributed by atoms with Crippen molar-refractivity contribution in [2.75, 3.05) is 38.6 Å². The molecule has 3 heterocycles. The van der Waals surface area contributed by atoms with E-state index in [1.54, 1.807) is 13.2 Å². The van der Waals surface area contributed by atoms with E-state index in [2.05, 4.69) is 10.2 Å². The predicted octanol–water partition coefficient (Wildman–Crippen LogP) is 3.30. The number of fused-ring (bicyclic) bond motifs is 3. The monoisotopic (exact) mass is 349 g/mol. The van der Waals surface area contributed by atoms with Gasteiger partial charge in [-0.25, -0.2) is 4.79 Å². The van der Waals surface area contributed by atoms with E-state index in [4.69, 9.17) is 16.3 Å². The van der Waals surface area contributed by atoms with E-state index in [1.165, 1.54) is 25.8 Å². The maximum atomic E-state index is 12.7. The predicted molar refractivity (Wildman–Crippen MR) is 94.8 cm³/mol. The Kier molecular flexibility index (Phi) is 4.31. The number of ether oxygens (including phenoxy) is 1. The molecule has 0 bridgehead atoms. The third-order valence-corrected chi connectivity index (χ3v) is 6.12. The molecule has 0 aliphatic carbocycles. The van der Waals surface area contributed by atoms with Gasteiger partial charge in [-0.3, -0.25) is 4.90 Å². The van der Waals surface area contributed by atoms with Crippen LogP contribution in [0.3, 0.4) is 0 Å². The first-order valence-electron chi connectivity index (χ1n) is 8.80. The van der Waals surface area contributed by atoms with Crippen LogP contribution in [0.5, 0.6) is 5.75 Å². The second-order valence-corrected chi connectivity index (χ2v) is 7.54. The Morgan fingerprint density at radius 2 is 2.17 bits per heavy atom. The van der Waals surface area contributed by atoms with E-state index in [-0.39, 0.29) is 6.03 Å². The molecule has 0 spiro atoms. The molecule has 1 N–H and O–H groups in total. The van der Waals surface area contributed by atoms with Crippen molar-refractivity contribution >= 4 is 23.3 Å². The molecule has 0 saturated carbocycles. The summed E-state index contributed by atoms with van der Waals surface area (Å²) in [7, 11) is 1.56. The third kappa shape index (κ3) is 2.74. The van der Waals surface area contributed by atoms with E-state index in [0.29, 0.717) is 34.3 Å². The van der Waals surface area contributed by atoms with Crippen molar-refractivity contribution < 1.29 is 9.53 Å². The van der Waals surface area contributed by atoms with Crippen LogP contribution in [0.25, 0.3) is 0 Å². The number of halogens is 1. The normalized spacial score (nSPS) is 29.2. The number of methoxy groups -OCH3 is 1. The van der Waals surface area contributed by atoms with Crippen LogP contribution in [0.1, 0.15) is 19.3 Å². The maximum absolute atomic E-state index is 12.7. The number of nitrogens with zero attached hydrogens (tertiary/aromatic N) is 2. The lowest BCUT2D eigenvalue weighted by Gasteiger charge is -2.33. The second kappa shape index (κ2) is 6.45. The first kappa shape index (κ1) is 16.0. The number of anilines is 1. The average Bonchev–Trinajstić information content (AvgIpc) is 3.13. The van der Waals surface area contributed by atoms with Crippen LogP contribution >= 0.6 is 11.6 Å². The standard InChI is InChI=1S/C18H24ClN3O2/c1-24-17-14(19)5-4-6-15(17)20-18(23)22-10-12-9-21-8-3-2-7-16(21)13(12)11-22/h4-6,12-13,16H,2-3,7-11H2,1H3,(H,20,23)/t12-,13+,16+/m0/s1. The smallest absolute Gasteiger partial charge is 0.321 e. The van der Waals surface area contributed by atoms with Crippen LogP contribution in [0.4, 0.5) is 10.5 Å². The van der Waals surface area contributed by atoms with Gasteiger partial charge in [0.2, 0.25) is 0 Å². The molecule has 1 aromatic rings. The Bertz CT molecular complexity index is 639. The summed E-state index contributed by atoms with van der Waals surface area (Å²) in [6, 6.07) is 6.03. The summed E-state index contributed by atoms with van der Waals surface area (Å²) in [6.45, 7) is 4.11. The Morgan fingerprint density at radius 3 is 3.00 bits per heavy atom. The molecule has 4 rings (SSSR count). The summed E-state index contributed by atoms with van der Waals surface area (Å²) in [5, 5.41) is 3.48. The maximum Gasteiger partial charge on any atom is 0.321 e. The number of nitrogens with one attached hydrogen (secondary N) is 1. The molecule has 3 aliphatic rings. The van der Waals surface area contributed by atoms with Gasteiger partial charge in [-0.15, -0.1) is 0 Å². The SMILES string of the molecule is COc1c(Cl)cccc1NC(=O)N1C[C@@H]2CN3CCCC[C@@H]3[C@@H]2C1. The summed E-state index contributed by atoms with van der Waals surface area (Å²) >= 11 is 6.13. The van der Waals surface area contributed by atoms with Crippen LogP contribution in [0.2, 0.25) is 5.02 Å². The Morgan fingerprint density at radius 1 is 1.29 bits per heavy atom. The fraction of sp³-hybridized carbons (Fsp3) is 0.611. The molecule has 3 saturated heterocycles. The molecule has 130 valence electrons. The summed E-state index contributed by atoms with van der Waals surface area (Å²) in [6.07, 6.45) is 3.95. The molecular formula is C18H24ClN3O2. The van der Waals surface area contributed by atoms with Gasteiger partial charge in [0.1, 0.15) is 0 Å². The quantitative estimate of drug-likeness (QED) is 0.891. The van der Waals surface area contributed by atoms with Crippen molar-refractivity contribution in [3.05, 3.63) is 23.2 Å². The van der Waals surface area contributed by atoms with Crippen molar-refractivity contribution in [3.8, 4) is 5.75 Å². The number of piperidine rings is 1. The van der Waals surface area contributed by atoms with Crippen molar-refractivity contribution in [1.29, 1.82) is 0 Å². The number of amides is 2. The zero-order chi connectivity index (χ0) is 16.7. The number of benzene rings is 1. The van der Waals surface area contributed by atoms with Gasteiger partial charge < -0.3 is 15.0 Å². The molecule has 3 fully saturated rings. The van der Waals surface area contributed by atoms with Gasteiger partial charge >= 0.3 is 6.03 Å². The number of rotatable bonds is 2. The number of carbonyl (C=O) groups excluding carboxylic acids is 1. The number of likely N-dealkylation sites (tertiary alicyclic amines) is 1. The molecule has 0 radical (unpaired) electrons. The molecule has 5 nitrogen and oxygen atoms in total. The molecule has 3 aliphatic heterocycles. The van der Waals surface area contributed by atoms with Gasteiger partial charge in [0.15, 0.2) is 5.75 Å². The van der Waals surface area contributed by atoms with Gasteiger partial charge in [0, 0.05) is 25.7 Å². The van der Waals surface area contributed by atoms with E-state index in [1.807, 2.05) is 17.0 Å². The minimum atomic E-state index is -0.0488. The largest absolute Gasteiger partial charge is 0.493 e. The van der Waals surface area contributed by atoms with E-state index in [9.17, 15) is 4.79 Å². The van der Waals surface area contributed by atoms with Gasteiger partial charge in [-0.05, 0) is 43.4 Å². The lowest BCUT2D eigenvalue weighted by Crippen LogP contribution is -2.41. The number of carbonyl (C=O) groups is 1. The van der Waals surface area contributed by atoms with Crippen molar-refractivity contribution in [2.24, 2.45) is 11.8 Å². The van der Waals surface area contributed by atoms with Crippen molar-refractivity contribution in [1.82, 2.24) is 9.80 Å². The molecule has 0 aromatic heterocycles. The number of para-hydroxylation sites is 1. The summed E-state index contributed by atoms with van der Waals surface area (Å²) in [5.41, 5.74) is 0.631. The molecular weight excluding hydrogens is 326 g/mol. The van der Waals surface area contributed by atoms with Gasteiger partial charge in [0.25, 0.3) is 0 Å². The summed E-state index contributed by atoms with van der Waals surface area (Å²) in [5.74, 6) is 1.78. The molecule has 24 heavy (non-hydrogen) atoms. The fourth-order valence-corrected chi connectivity index (χ4v) is 4.98. The zero-order valence-electron chi connectivity index (χ0n) is 14.0. The van der Waals surface area contributed by atoms with Gasteiger partial charge in [-0.2, -0.15) is 0 Å². The third-order valence-electron chi connectivity index (χ3n) is 5.82. The Balaban J connectivity index is 1.43. The highest BCUT2D eigenvalue weighted by Crippen LogP contribution is 2.40. The Hall–Kier alpha value is -1.46. The number of hydrogen-bond acceptors (Lipinski definition) is 3. The van der Waals surface area contributed by atoms with Crippen LogP contribution in [0.15, 0.2) is 18.2 Å². The lowest BCUT2D eigenvalue weighted by atomic mass is 9.90. The lowest BCUT2D eigenvalue weighted by molar-refractivity contribution is 0.157. The molecule has 2 amide bonds. The van der Waals surface area contributed by atoms with Gasteiger partial charge in [-0.1, -0.05) is 24.1 Å². The van der Waals surface area contributed by atoms with E-state index in [0.717, 1.165) is 19.6 Å². The molecule has 3 atom stereocenters. The average molecular weight is 350 g/mol. The van der Waals surface area contributed by atoms with Crippen LogP contribution < -0.4 is 10.1 Å². The molecule has 1 aromatic carbocycles. The summed E-state index contributed by atoms with van der Waals surface area (Å²) < 4.78 is 5.31. The zero-order valence-corrected chi connectivity index (χ0v) is 14.8. The minimum absolute atomic E-state index is 0.0488. The number of hydrogen-bond donors (Lipinski definition) is 1. The highest BCUT2D eigenvalue weighted by Gasteiger charge is 2.48. The molecule has 6 heteroatoms. The van der Waals surface area contributed by atoms with Gasteiger partial charge in [0.05, 0.1) is 17.8 Å². The highest BCUT2D eigenvalue weighted by atomic mass is 35.5. The fourth-order valence-electron chi connectivity index (χ4n) is 4.73. The van der Waals surface area contributed by atoms with Crippen LogP contribution in [-0.4, -0.2) is 55.2 Å². The topological polar surface area (TPSA) is 44.8 Å². The van der Waals surface area contributed by atoms with Crippen LogP contribution in [-0.2, 0) is 0 Å². The number of urea groups is 1. The van der Waals surface area contributed by atoms with Crippen molar-refractivity contribution in [2.45, 2.75) is 25.3 Å². The van der Waals surface area contributed by atoms with Crippen molar-refractivity contribution in [3.63, 3.8) is 0 Å². The highest BCUT2D eigenvalue weighted by molar-refractivity contribution is 6.32. The van der Waals surface area contributed by atoms with E-state index >= 15 is 0 Å². The first-order valence-corrected chi connectivity index (χ1v) is 9.17. The summed E-state index contributed by atoms with van der Waals surface area (Å²) in [4.78, 5) is 17.3. The van der Waals surface area contributed by atoms with E-state index < -0.39 is 0 Å². The minimum Gasteiger partial charge on any atom is -0.493 e. The van der Waals surface area contributed by atoms with Crippen LogP contribution in [0, 0.1) is 11.8 Å². The first-order chi connectivity index (χ1) is 11.7. The Labute approximate surface area is 147 Å². The molecule has 0 unspecified atom stereocenters.